The summed E-state index contributed by atoms with van der Waals surface area (Å²) in [7, 11) is 0. The summed E-state index contributed by atoms with van der Waals surface area (Å²) in [6.07, 6.45) is 5.44. The SMILES string of the molecule is CC1=Cc2c(O)cccc2C1C.CCC1C(C)=Cc2c(Cl)cccc21. The molecule has 0 bridgehead atoms. The average molecular weight is 353 g/mol. The summed E-state index contributed by atoms with van der Waals surface area (Å²) in [5.41, 5.74) is 7.63. The number of hydrogen-bond acceptors (Lipinski definition) is 1. The van der Waals surface area contributed by atoms with Crippen molar-refractivity contribution >= 4 is 23.8 Å². The second-order valence-electron chi connectivity index (χ2n) is 6.98. The molecule has 0 amide bonds. The van der Waals surface area contributed by atoms with Gasteiger partial charge in [-0.15, -0.1) is 0 Å². The van der Waals surface area contributed by atoms with E-state index in [1.165, 1.54) is 27.8 Å². The Balaban J connectivity index is 0.000000146. The summed E-state index contributed by atoms with van der Waals surface area (Å²) < 4.78 is 0. The molecule has 0 saturated carbocycles. The Hall–Kier alpha value is -1.99. The van der Waals surface area contributed by atoms with Crippen LogP contribution in [-0.2, 0) is 0 Å². The van der Waals surface area contributed by atoms with Crippen LogP contribution in [0.2, 0.25) is 5.02 Å². The summed E-state index contributed by atoms with van der Waals surface area (Å²) in [5.74, 6) is 1.46. The van der Waals surface area contributed by atoms with Gasteiger partial charge in [-0.1, -0.05) is 73.0 Å². The second kappa shape index (κ2) is 7.09. The fraction of sp³-hybridized carbons (Fsp3) is 0.304. The average Bonchev–Trinajstić information content (AvgIpc) is 3.07. The van der Waals surface area contributed by atoms with Gasteiger partial charge in [0, 0.05) is 22.4 Å². The van der Waals surface area contributed by atoms with Crippen LogP contribution in [0.5, 0.6) is 5.75 Å². The van der Waals surface area contributed by atoms with Crippen LogP contribution in [0.15, 0.2) is 47.5 Å². The van der Waals surface area contributed by atoms with Gasteiger partial charge < -0.3 is 5.11 Å². The van der Waals surface area contributed by atoms with Gasteiger partial charge in [0.05, 0.1) is 0 Å². The van der Waals surface area contributed by atoms with Gasteiger partial charge in [-0.3, -0.25) is 0 Å². The Morgan fingerprint density at radius 1 is 0.920 bits per heavy atom. The monoisotopic (exact) mass is 352 g/mol. The summed E-state index contributed by atoms with van der Waals surface area (Å²) in [6, 6.07) is 11.9. The van der Waals surface area contributed by atoms with E-state index in [-0.39, 0.29) is 0 Å². The molecule has 4 rings (SSSR count). The minimum atomic E-state index is 0.399. The molecule has 2 atom stereocenters. The van der Waals surface area contributed by atoms with E-state index in [0.29, 0.717) is 17.6 Å². The smallest absolute Gasteiger partial charge is 0.123 e. The van der Waals surface area contributed by atoms with Gasteiger partial charge in [-0.25, -0.2) is 0 Å². The van der Waals surface area contributed by atoms with E-state index in [0.717, 1.165) is 17.0 Å². The van der Waals surface area contributed by atoms with Crippen molar-refractivity contribution in [3.63, 3.8) is 0 Å². The van der Waals surface area contributed by atoms with Crippen molar-refractivity contribution in [1.82, 2.24) is 0 Å². The van der Waals surface area contributed by atoms with Crippen LogP contribution in [-0.4, -0.2) is 5.11 Å². The molecule has 0 aliphatic heterocycles. The van der Waals surface area contributed by atoms with E-state index in [9.17, 15) is 5.11 Å². The van der Waals surface area contributed by atoms with Crippen LogP contribution in [0, 0.1) is 0 Å². The molecule has 2 aromatic rings. The number of rotatable bonds is 1. The van der Waals surface area contributed by atoms with E-state index in [2.05, 4.69) is 52.0 Å². The Morgan fingerprint density at radius 2 is 1.56 bits per heavy atom. The zero-order chi connectivity index (χ0) is 18.1. The molecule has 1 nitrogen and oxygen atoms in total. The Labute approximate surface area is 155 Å². The highest BCUT2D eigenvalue weighted by Crippen LogP contribution is 2.41. The molecule has 1 N–H and O–H groups in total. The number of benzene rings is 2. The maximum absolute atomic E-state index is 9.52. The third-order valence-electron chi connectivity index (χ3n) is 5.43. The molecule has 0 spiro atoms. The number of halogens is 1. The third kappa shape index (κ3) is 3.26. The highest BCUT2D eigenvalue weighted by Gasteiger charge is 2.22. The van der Waals surface area contributed by atoms with Crippen LogP contribution in [0.4, 0.5) is 0 Å². The number of aromatic hydroxyl groups is 1. The minimum Gasteiger partial charge on any atom is -0.507 e. The topological polar surface area (TPSA) is 20.2 Å². The molecular formula is C23H25ClO. The molecule has 2 unspecified atom stereocenters. The molecular weight excluding hydrogens is 328 g/mol. The Morgan fingerprint density at radius 3 is 2.24 bits per heavy atom. The van der Waals surface area contributed by atoms with Crippen molar-refractivity contribution in [1.29, 1.82) is 0 Å². The quantitative estimate of drug-likeness (QED) is 0.577. The van der Waals surface area contributed by atoms with Gasteiger partial charge in [0.25, 0.3) is 0 Å². The van der Waals surface area contributed by atoms with Gasteiger partial charge in [0.15, 0.2) is 0 Å². The van der Waals surface area contributed by atoms with Crippen molar-refractivity contribution in [3.8, 4) is 5.75 Å². The summed E-state index contributed by atoms with van der Waals surface area (Å²) in [5, 5.41) is 10.4. The molecule has 2 aliphatic carbocycles. The molecule has 2 aliphatic rings. The van der Waals surface area contributed by atoms with Crippen LogP contribution in [0.3, 0.4) is 0 Å². The fourth-order valence-electron chi connectivity index (χ4n) is 3.83. The van der Waals surface area contributed by atoms with Crippen molar-refractivity contribution in [2.24, 2.45) is 0 Å². The number of fused-ring (bicyclic) bond motifs is 2. The number of allylic oxidation sites excluding steroid dienone is 2. The van der Waals surface area contributed by atoms with Crippen LogP contribution >= 0.6 is 11.6 Å². The summed E-state index contributed by atoms with van der Waals surface area (Å²) in [6.45, 7) is 8.67. The first-order chi connectivity index (χ1) is 11.9. The first-order valence-electron chi connectivity index (χ1n) is 8.90. The highest BCUT2D eigenvalue weighted by atomic mass is 35.5. The van der Waals surface area contributed by atoms with E-state index in [4.69, 9.17) is 11.6 Å². The van der Waals surface area contributed by atoms with E-state index in [1.807, 2.05) is 18.2 Å². The highest BCUT2D eigenvalue weighted by molar-refractivity contribution is 6.32. The van der Waals surface area contributed by atoms with Crippen LogP contribution < -0.4 is 0 Å². The maximum atomic E-state index is 9.52. The van der Waals surface area contributed by atoms with E-state index < -0.39 is 0 Å². The standard InChI is InChI=1S/C12H13Cl.C11H12O/c1-3-9-8(2)7-11-10(9)5-4-6-12(11)13;1-7-6-10-9(8(7)2)4-3-5-11(10)12/h4-7,9H,3H2,1-2H3;3-6,8,12H,1-2H3. The number of hydrogen-bond donors (Lipinski definition) is 1. The van der Waals surface area contributed by atoms with Crippen molar-refractivity contribution in [2.75, 3.05) is 0 Å². The van der Waals surface area contributed by atoms with Gasteiger partial charge in [0.1, 0.15) is 5.75 Å². The van der Waals surface area contributed by atoms with E-state index >= 15 is 0 Å². The van der Waals surface area contributed by atoms with Gasteiger partial charge in [0.2, 0.25) is 0 Å². The molecule has 0 radical (unpaired) electrons. The lowest BCUT2D eigenvalue weighted by Crippen LogP contribution is -1.94. The molecule has 0 saturated heterocycles. The summed E-state index contributed by atoms with van der Waals surface area (Å²) >= 11 is 6.11. The maximum Gasteiger partial charge on any atom is 0.123 e. The fourth-order valence-corrected chi connectivity index (χ4v) is 4.06. The first kappa shape index (κ1) is 17.8. The molecule has 2 heteroatoms. The Bertz CT molecular complexity index is 860. The van der Waals surface area contributed by atoms with Gasteiger partial charge in [-0.2, -0.15) is 0 Å². The second-order valence-corrected chi connectivity index (χ2v) is 7.39. The molecule has 25 heavy (non-hydrogen) atoms. The molecule has 130 valence electrons. The minimum absolute atomic E-state index is 0.399. The number of phenolic OH excluding ortho intramolecular Hbond substituents is 1. The van der Waals surface area contributed by atoms with E-state index in [1.54, 1.807) is 6.07 Å². The van der Waals surface area contributed by atoms with Gasteiger partial charge >= 0.3 is 0 Å². The lowest BCUT2D eigenvalue weighted by Gasteiger charge is -2.11. The lowest BCUT2D eigenvalue weighted by atomic mass is 9.94. The van der Waals surface area contributed by atoms with Crippen molar-refractivity contribution in [2.45, 2.75) is 46.0 Å². The molecule has 0 fully saturated rings. The number of phenols is 1. The third-order valence-corrected chi connectivity index (χ3v) is 5.76. The predicted octanol–water partition coefficient (Wildman–Crippen LogP) is 7.16. The van der Waals surface area contributed by atoms with Gasteiger partial charge in [-0.05, 0) is 49.1 Å². The zero-order valence-electron chi connectivity index (χ0n) is 15.3. The predicted molar refractivity (Wildman–Crippen MR) is 108 cm³/mol. The lowest BCUT2D eigenvalue weighted by molar-refractivity contribution is 0.473. The molecule has 2 aromatic carbocycles. The Kier molecular flexibility index (Phi) is 5.06. The summed E-state index contributed by atoms with van der Waals surface area (Å²) in [4.78, 5) is 0. The molecule has 0 heterocycles. The largest absolute Gasteiger partial charge is 0.507 e. The van der Waals surface area contributed by atoms with Crippen molar-refractivity contribution < 1.29 is 5.11 Å². The first-order valence-corrected chi connectivity index (χ1v) is 9.28. The van der Waals surface area contributed by atoms with Crippen LogP contribution in [0.25, 0.3) is 12.2 Å². The van der Waals surface area contributed by atoms with Crippen LogP contribution in [0.1, 0.15) is 68.2 Å². The van der Waals surface area contributed by atoms with Crippen molar-refractivity contribution in [3.05, 3.63) is 74.8 Å². The zero-order valence-corrected chi connectivity index (χ0v) is 16.1. The normalized spacial score (nSPS) is 20.2. The molecule has 0 aromatic heterocycles.